The minimum absolute atomic E-state index is 0.0987. The van der Waals surface area contributed by atoms with Crippen LogP contribution < -0.4 is 10.6 Å². The number of halogens is 1. The van der Waals surface area contributed by atoms with Crippen molar-refractivity contribution in [3.8, 4) is 5.69 Å². The number of benzene rings is 2. The van der Waals surface area contributed by atoms with Crippen LogP contribution in [0, 0.1) is 19.7 Å². The first-order valence-electron chi connectivity index (χ1n) is 13.2. The number of aromatic nitrogens is 2. The number of nitrogens with one attached hydrogen (secondary N) is 2. The van der Waals surface area contributed by atoms with Gasteiger partial charge in [0.25, 0.3) is 0 Å². The monoisotopic (exact) mass is 571 g/mol. The number of esters is 1. The average molecular weight is 572 g/mol. The van der Waals surface area contributed by atoms with E-state index >= 15 is 0 Å². The van der Waals surface area contributed by atoms with Gasteiger partial charge < -0.3 is 24.8 Å². The molecule has 10 heteroatoms. The van der Waals surface area contributed by atoms with Crippen molar-refractivity contribution in [3.63, 3.8) is 0 Å². The third-order valence-corrected chi connectivity index (χ3v) is 7.59. The molecule has 2 aromatic carbocycles. The van der Waals surface area contributed by atoms with E-state index in [9.17, 15) is 14.0 Å². The van der Waals surface area contributed by atoms with E-state index in [2.05, 4.69) is 26.3 Å². The van der Waals surface area contributed by atoms with Gasteiger partial charge in [-0.1, -0.05) is 24.3 Å². The van der Waals surface area contributed by atoms with Gasteiger partial charge in [0.1, 0.15) is 5.82 Å². The Morgan fingerprint density at radius 1 is 1.07 bits per heavy atom. The number of ether oxygens (including phenoxy) is 1. The number of hydrogen-bond donors (Lipinski definition) is 2. The Bertz CT molecular complexity index is 1610. The van der Waals surface area contributed by atoms with Crippen LogP contribution in [-0.2, 0) is 9.53 Å². The van der Waals surface area contributed by atoms with E-state index in [4.69, 9.17) is 17.0 Å². The van der Waals surface area contributed by atoms with Crippen LogP contribution >= 0.6 is 12.2 Å². The number of methoxy groups -OCH3 is 1. The molecule has 1 aliphatic rings. The first-order valence-corrected chi connectivity index (χ1v) is 13.6. The summed E-state index contributed by atoms with van der Waals surface area (Å²) in [5.74, 6) is -1.21. The minimum atomic E-state index is -0.490. The Labute approximate surface area is 243 Å². The second-order valence-electron chi connectivity index (χ2n) is 9.80. The van der Waals surface area contributed by atoms with Crippen molar-refractivity contribution in [1.82, 2.24) is 19.8 Å². The van der Waals surface area contributed by atoms with Gasteiger partial charge in [-0.15, -0.1) is 0 Å². The zero-order chi connectivity index (χ0) is 29.1. The molecule has 2 N–H and O–H groups in total. The van der Waals surface area contributed by atoms with Gasteiger partial charge in [-0.3, -0.25) is 9.78 Å². The predicted molar refractivity (Wildman–Crippen MR) is 158 cm³/mol. The van der Waals surface area contributed by atoms with E-state index in [1.54, 1.807) is 30.5 Å². The molecule has 210 valence electrons. The van der Waals surface area contributed by atoms with E-state index < -0.39 is 11.8 Å². The molecule has 0 spiro atoms. The maximum Gasteiger partial charge on any atom is 0.337 e. The number of pyridine rings is 1. The largest absolute Gasteiger partial charge is 0.465 e. The van der Waals surface area contributed by atoms with E-state index in [-0.39, 0.29) is 30.1 Å². The van der Waals surface area contributed by atoms with Crippen molar-refractivity contribution >= 4 is 34.9 Å². The van der Waals surface area contributed by atoms with E-state index in [0.29, 0.717) is 17.2 Å². The van der Waals surface area contributed by atoms with Crippen molar-refractivity contribution in [2.75, 3.05) is 19.0 Å². The van der Waals surface area contributed by atoms with Crippen molar-refractivity contribution in [3.05, 3.63) is 113 Å². The van der Waals surface area contributed by atoms with Gasteiger partial charge in [-0.2, -0.15) is 0 Å². The molecule has 0 saturated carbocycles. The van der Waals surface area contributed by atoms with E-state index in [1.165, 1.54) is 19.2 Å². The normalized spacial score (nSPS) is 16.4. The second-order valence-corrected chi connectivity index (χ2v) is 10.2. The van der Waals surface area contributed by atoms with Crippen LogP contribution in [0.5, 0.6) is 0 Å². The second kappa shape index (κ2) is 11.9. The van der Waals surface area contributed by atoms with Crippen molar-refractivity contribution in [2.45, 2.75) is 32.4 Å². The molecule has 0 bridgehead atoms. The fraction of sp³-hybridized carbons (Fsp3) is 0.226. The zero-order valence-electron chi connectivity index (χ0n) is 22.9. The SMILES string of the molecule is COC(=O)c1cccc(-n2c(C)cc([C@@H]3[C@H](c4ccccn4)NC(=S)N3CCC(=O)Nc3ccccc3F)c2C)c1. The predicted octanol–water partition coefficient (Wildman–Crippen LogP) is 5.42. The summed E-state index contributed by atoms with van der Waals surface area (Å²) in [4.78, 5) is 31.6. The van der Waals surface area contributed by atoms with Crippen LogP contribution in [-0.4, -0.2) is 45.1 Å². The Balaban J connectivity index is 1.49. The molecule has 8 nitrogen and oxygen atoms in total. The summed E-state index contributed by atoms with van der Waals surface area (Å²) in [5.41, 5.74) is 5.17. The minimum Gasteiger partial charge on any atom is -0.465 e. The van der Waals surface area contributed by atoms with Crippen LogP contribution in [0.2, 0.25) is 0 Å². The number of amides is 1. The molecule has 0 radical (unpaired) electrons. The molecule has 1 amide bonds. The number of thiocarbonyl (C=S) groups is 1. The highest BCUT2D eigenvalue weighted by Gasteiger charge is 2.41. The summed E-state index contributed by atoms with van der Waals surface area (Å²) >= 11 is 5.77. The fourth-order valence-electron chi connectivity index (χ4n) is 5.36. The molecule has 5 rings (SSSR count). The Hall–Kier alpha value is -4.57. The van der Waals surface area contributed by atoms with Gasteiger partial charge in [-0.05, 0) is 80.2 Å². The quantitative estimate of drug-likeness (QED) is 0.216. The number of para-hydroxylation sites is 1. The summed E-state index contributed by atoms with van der Waals surface area (Å²) in [5, 5.41) is 6.57. The topological polar surface area (TPSA) is 88.5 Å². The smallest absolute Gasteiger partial charge is 0.337 e. The highest BCUT2D eigenvalue weighted by Crippen LogP contribution is 2.41. The van der Waals surface area contributed by atoms with Gasteiger partial charge >= 0.3 is 5.97 Å². The van der Waals surface area contributed by atoms with Gasteiger partial charge in [0.05, 0.1) is 36.1 Å². The maximum absolute atomic E-state index is 14.1. The molecular formula is C31H30FN5O3S. The summed E-state index contributed by atoms with van der Waals surface area (Å²) < 4.78 is 21.1. The first-order chi connectivity index (χ1) is 19.8. The highest BCUT2D eigenvalue weighted by molar-refractivity contribution is 7.80. The lowest BCUT2D eigenvalue weighted by molar-refractivity contribution is -0.116. The third kappa shape index (κ3) is 5.69. The first kappa shape index (κ1) is 28.0. The summed E-state index contributed by atoms with van der Waals surface area (Å²) in [6.45, 7) is 4.33. The van der Waals surface area contributed by atoms with Crippen LogP contribution in [0.15, 0.2) is 79.0 Å². The van der Waals surface area contributed by atoms with Crippen molar-refractivity contribution in [1.29, 1.82) is 0 Å². The standard InChI is InChI=1S/C31H30FN5O3S/c1-19-17-23(20(2)37(19)22-10-8-9-21(18-22)30(39)40-3)29-28(26-13-6-7-15-33-26)35-31(41)36(29)16-14-27(38)34-25-12-5-4-11-24(25)32/h4-13,15,17-18,28-29H,14,16H2,1-3H3,(H,34,38)(H,35,41)/t28-,29+/m0/s1. The molecule has 4 aromatic rings. The lowest BCUT2D eigenvalue weighted by atomic mass is 9.96. The van der Waals surface area contributed by atoms with Gasteiger partial charge in [0, 0.05) is 36.2 Å². The summed E-state index contributed by atoms with van der Waals surface area (Å²) in [6, 6.07) is 20.6. The Kier molecular flexibility index (Phi) is 8.11. The van der Waals surface area contributed by atoms with Crippen LogP contribution in [0.4, 0.5) is 10.1 Å². The molecule has 1 aliphatic heterocycles. The molecule has 41 heavy (non-hydrogen) atoms. The van der Waals surface area contributed by atoms with E-state index in [0.717, 1.165) is 28.3 Å². The number of nitrogens with zero attached hydrogens (tertiary/aromatic N) is 3. The molecule has 2 aromatic heterocycles. The summed E-state index contributed by atoms with van der Waals surface area (Å²) in [6.07, 6.45) is 1.84. The number of rotatable bonds is 8. The number of carbonyl (C=O) groups excluding carboxylic acids is 2. The molecule has 2 atom stereocenters. The summed E-state index contributed by atoms with van der Waals surface area (Å²) in [7, 11) is 1.36. The van der Waals surface area contributed by atoms with Crippen LogP contribution in [0.3, 0.4) is 0 Å². The number of aryl methyl sites for hydroxylation is 1. The Morgan fingerprint density at radius 2 is 1.85 bits per heavy atom. The van der Waals surface area contributed by atoms with Gasteiger partial charge in [0.15, 0.2) is 5.11 Å². The maximum atomic E-state index is 14.1. The highest BCUT2D eigenvalue weighted by atomic mass is 32.1. The molecule has 1 fully saturated rings. The number of carbonyl (C=O) groups is 2. The van der Waals surface area contributed by atoms with Gasteiger partial charge in [-0.25, -0.2) is 9.18 Å². The van der Waals surface area contributed by atoms with Crippen LogP contribution in [0.1, 0.15) is 51.5 Å². The molecule has 3 heterocycles. The fourth-order valence-corrected chi connectivity index (χ4v) is 5.69. The van der Waals surface area contributed by atoms with E-state index in [1.807, 2.05) is 49.1 Å². The lowest BCUT2D eigenvalue weighted by Gasteiger charge is -2.28. The number of anilines is 1. The average Bonchev–Trinajstić information content (AvgIpc) is 3.47. The lowest BCUT2D eigenvalue weighted by Crippen LogP contribution is -2.33. The third-order valence-electron chi connectivity index (χ3n) is 7.24. The van der Waals surface area contributed by atoms with Crippen molar-refractivity contribution in [2.24, 2.45) is 0 Å². The zero-order valence-corrected chi connectivity index (χ0v) is 23.7. The van der Waals surface area contributed by atoms with Gasteiger partial charge in [0.2, 0.25) is 5.91 Å². The molecular weight excluding hydrogens is 541 g/mol. The Morgan fingerprint density at radius 3 is 2.59 bits per heavy atom. The molecule has 0 aliphatic carbocycles. The van der Waals surface area contributed by atoms with Crippen molar-refractivity contribution < 1.29 is 18.7 Å². The van der Waals surface area contributed by atoms with Crippen LogP contribution in [0.25, 0.3) is 5.69 Å². The molecule has 0 unspecified atom stereocenters. The molecule has 1 saturated heterocycles. The number of hydrogen-bond acceptors (Lipinski definition) is 5.